The molecule has 18 nitrogen and oxygen atoms in total. The summed E-state index contributed by atoms with van der Waals surface area (Å²) in [5.74, 6) is 0.906. The highest BCUT2D eigenvalue weighted by atomic mass is 33.1. The smallest absolute Gasteiger partial charge is 0.220 e. The molecule has 0 bridgehead atoms. The third-order valence-corrected chi connectivity index (χ3v) is 8.83. The standard InChI is InChI=1S/C32H62N6O12S2/c1-29-27-38(37-36-29)4-6-42-8-10-44-12-14-46-16-18-48-20-22-50-24-23-49-21-19-47-17-15-45-13-11-43-9-7-41-5-3-35-32(40)2-25-51-52-28-30(34)31(39)26-33/h27,30H,2-26,28,33-34H2,1H3,(H,35,40). The Morgan fingerprint density at radius 2 is 1.08 bits per heavy atom. The van der Waals surface area contributed by atoms with Crippen molar-refractivity contribution >= 4 is 33.3 Å². The lowest BCUT2D eigenvalue weighted by molar-refractivity contribution is -0.121. The number of rotatable bonds is 41. The first kappa shape index (κ1) is 48.5. The molecule has 0 fully saturated rings. The SMILES string of the molecule is Cc1cn(CCOCCOCCOCCOCCOCCOCCOCCOCCOCCOCCNC(=O)CCSSCC(N)C(=O)CN)nn1. The van der Waals surface area contributed by atoms with Gasteiger partial charge in [0.2, 0.25) is 5.91 Å². The summed E-state index contributed by atoms with van der Waals surface area (Å²) in [6.07, 6.45) is 2.26. The maximum Gasteiger partial charge on any atom is 0.220 e. The summed E-state index contributed by atoms with van der Waals surface area (Å²) >= 11 is 0. The minimum absolute atomic E-state index is 0.0468. The number of hydrogen-bond acceptors (Lipinski definition) is 18. The number of aromatic nitrogens is 3. The van der Waals surface area contributed by atoms with Crippen LogP contribution >= 0.6 is 21.6 Å². The van der Waals surface area contributed by atoms with Crippen molar-refractivity contribution in [1.29, 1.82) is 0 Å². The second kappa shape index (κ2) is 37.8. The molecule has 0 spiro atoms. The van der Waals surface area contributed by atoms with E-state index in [2.05, 4.69) is 15.6 Å². The molecule has 1 atom stereocenters. The number of ether oxygens (including phenoxy) is 10. The monoisotopic (exact) mass is 786 g/mol. The van der Waals surface area contributed by atoms with Gasteiger partial charge in [0.05, 0.1) is 157 Å². The predicted molar refractivity (Wildman–Crippen MR) is 198 cm³/mol. The number of amides is 1. The van der Waals surface area contributed by atoms with Gasteiger partial charge < -0.3 is 64.2 Å². The number of aryl methyl sites for hydroxylation is 1. The topological polar surface area (TPSA) is 221 Å². The Kier molecular flexibility index (Phi) is 35.3. The minimum atomic E-state index is -0.556. The lowest BCUT2D eigenvalue weighted by Gasteiger charge is -2.09. The molecule has 0 saturated carbocycles. The van der Waals surface area contributed by atoms with Crippen molar-refractivity contribution in [2.24, 2.45) is 11.5 Å². The minimum Gasteiger partial charge on any atom is -0.377 e. The molecule has 0 aromatic carbocycles. The molecule has 52 heavy (non-hydrogen) atoms. The average Bonchev–Trinajstić information content (AvgIpc) is 3.57. The fourth-order valence-electron chi connectivity index (χ4n) is 3.65. The largest absolute Gasteiger partial charge is 0.377 e. The zero-order chi connectivity index (χ0) is 37.6. The van der Waals surface area contributed by atoms with E-state index < -0.39 is 6.04 Å². The van der Waals surface area contributed by atoms with Crippen molar-refractivity contribution in [3.8, 4) is 0 Å². The first-order valence-electron chi connectivity index (χ1n) is 17.7. The Bertz CT molecular complexity index is 959. The maximum atomic E-state index is 11.8. The summed E-state index contributed by atoms with van der Waals surface area (Å²) in [6, 6.07) is -0.556. The Hall–Kier alpha value is -1.50. The van der Waals surface area contributed by atoms with Crippen LogP contribution in [0.5, 0.6) is 0 Å². The number of hydrogen-bond donors (Lipinski definition) is 3. The molecule has 1 unspecified atom stereocenters. The molecule has 5 N–H and O–H groups in total. The lowest BCUT2D eigenvalue weighted by Crippen LogP contribution is -2.37. The highest BCUT2D eigenvalue weighted by Crippen LogP contribution is 2.22. The van der Waals surface area contributed by atoms with Crippen LogP contribution in [0.2, 0.25) is 0 Å². The summed E-state index contributed by atoms with van der Waals surface area (Å²) in [5.41, 5.74) is 11.9. The molecule has 0 aliphatic rings. The predicted octanol–water partition coefficient (Wildman–Crippen LogP) is -0.505. The number of nitrogens with one attached hydrogen (secondary N) is 1. The van der Waals surface area contributed by atoms with Crippen molar-refractivity contribution in [2.75, 3.05) is 157 Å². The van der Waals surface area contributed by atoms with Crippen LogP contribution < -0.4 is 16.8 Å². The molecular weight excluding hydrogens is 725 g/mol. The van der Waals surface area contributed by atoms with Gasteiger partial charge in [-0.15, -0.1) is 5.10 Å². The summed E-state index contributed by atoms with van der Waals surface area (Å²) in [7, 11) is 2.97. The van der Waals surface area contributed by atoms with Gasteiger partial charge in [-0.25, -0.2) is 4.68 Å². The molecule has 0 saturated heterocycles. The zero-order valence-electron chi connectivity index (χ0n) is 30.8. The first-order valence-corrected chi connectivity index (χ1v) is 20.1. The quantitative estimate of drug-likeness (QED) is 0.0562. The Morgan fingerprint density at radius 1 is 0.673 bits per heavy atom. The molecule has 1 amide bonds. The van der Waals surface area contributed by atoms with Crippen LogP contribution in [0.25, 0.3) is 0 Å². The van der Waals surface area contributed by atoms with E-state index in [0.717, 1.165) is 5.69 Å². The molecular formula is C32H62N6O12S2. The van der Waals surface area contributed by atoms with Gasteiger partial charge in [-0.1, -0.05) is 26.8 Å². The van der Waals surface area contributed by atoms with E-state index in [1.54, 1.807) is 4.68 Å². The van der Waals surface area contributed by atoms with E-state index in [1.165, 1.54) is 21.6 Å². The normalized spacial score (nSPS) is 12.1. The van der Waals surface area contributed by atoms with E-state index in [1.807, 2.05) is 13.1 Å². The molecule has 0 aliphatic heterocycles. The second-order valence-electron chi connectivity index (χ2n) is 10.7. The van der Waals surface area contributed by atoms with Crippen molar-refractivity contribution in [2.45, 2.75) is 25.9 Å². The van der Waals surface area contributed by atoms with Gasteiger partial charge >= 0.3 is 0 Å². The molecule has 1 rings (SSSR count). The van der Waals surface area contributed by atoms with E-state index in [-0.39, 0.29) is 18.2 Å². The van der Waals surface area contributed by atoms with Crippen LogP contribution in [0.1, 0.15) is 12.1 Å². The van der Waals surface area contributed by atoms with E-state index >= 15 is 0 Å². The number of nitrogens with two attached hydrogens (primary N) is 2. The van der Waals surface area contributed by atoms with Crippen molar-refractivity contribution in [3.05, 3.63) is 11.9 Å². The van der Waals surface area contributed by atoms with Crippen LogP contribution in [0.3, 0.4) is 0 Å². The molecule has 304 valence electrons. The number of ketones is 1. The van der Waals surface area contributed by atoms with E-state index in [9.17, 15) is 9.59 Å². The van der Waals surface area contributed by atoms with E-state index in [0.29, 0.717) is 163 Å². The van der Waals surface area contributed by atoms with Gasteiger partial charge in [0.15, 0.2) is 5.78 Å². The fourth-order valence-corrected chi connectivity index (χ4v) is 5.80. The summed E-state index contributed by atoms with van der Waals surface area (Å²) in [4.78, 5) is 23.1. The molecule has 20 heteroatoms. The van der Waals surface area contributed by atoms with Crippen LogP contribution in [0, 0.1) is 6.92 Å². The molecule has 1 aromatic heterocycles. The van der Waals surface area contributed by atoms with Crippen LogP contribution in [-0.2, 0) is 63.5 Å². The Labute approximate surface area is 316 Å². The van der Waals surface area contributed by atoms with Crippen LogP contribution in [0.4, 0.5) is 0 Å². The average molecular weight is 787 g/mol. The van der Waals surface area contributed by atoms with Gasteiger partial charge in [-0.3, -0.25) is 9.59 Å². The lowest BCUT2D eigenvalue weighted by atomic mass is 10.2. The Balaban J connectivity index is 1.65. The highest BCUT2D eigenvalue weighted by Gasteiger charge is 2.11. The van der Waals surface area contributed by atoms with E-state index in [4.69, 9.17) is 58.8 Å². The number of carbonyl (C=O) groups is 2. The molecule has 0 radical (unpaired) electrons. The molecule has 1 heterocycles. The third kappa shape index (κ3) is 33.1. The number of nitrogens with zero attached hydrogens (tertiary/aromatic N) is 3. The first-order chi connectivity index (χ1) is 25.5. The van der Waals surface area contributed by atoms with Crippen LogP contribution in [0.15, 0.2) is 6.20 Å². The van der Waals surface area contributed by atoms with Crippen molar-refractivity contribution < 1.29 is 57.0 Å². The zero-order valence-corrected chi connectivity index (χ0v) is 32.4. The van der Waals surface area contributed by atoms with Gasteiger partial charge in [0, 0.05) is 30.7 Å². The fraction of sp³-hybridized carbons (Fsp3) is 0.875. The van der Waals surface area contributed by atoms with Crippen molar-refractivity contribution in [3.63, 3.8) is 0 Å². The maximum absolute atomic E-state index is 11.8. The summed E-state index contributed by atoms with van der Waals surface area (Å²) in [6.45, 7) is 12.7. The van der Waals surface area contributed by atoms with Gasteiger partial charge in [0.1, 0.15) is 0 Å². The van der Waals surface area contributed by atoms with Gasteiger partial charge in [-0.05, 0) is 6.92 Å². The van der Waals surface area contributed by atoms with Crippen molar-refractivity contribution in [1.82, 2.24) is 20.3 Å². The van der Waals surface area contributed by atoms with Gasteiger partial charge in [-0.2, -0.15) is 0 Å². The van der Waals surface area contributed by atoms with Crippen LogP contribution in [-0.4, -0.2) is 189 Å². The highest BCUT2D eigenvalue weighted by molar-refractivity contribution is 8.76. The molecule has 0 aliphatic carbocycles. The molecule has 1 aromatic rings. The Morgan fingerprint density at radius 3 is 1.46 bits per heavy atom. The second-order valence-corrected chi connectivity index (χ2v) is 13.4. The summed E-state index contributed by atoms with van der Waals surface area (Å²) < 4.78 is 56.5. The third-order valence-electron chi connectivity index (χ3n) is 6.39. The number of Topliss-reactive ketones (excluding diaryl/α,β-unsaturated/α-hetero) is 1. The van der Waals surface area contributed by atoms with Gasteiger partial charge in [0.25, 0.3) is 0 Å². The number of carbonyl (C=O) groups excluding carboxylic acids is 2. The summed E-state index contributed by atoms with van der Waals surface area (Å²) in [5, 5.41) is 10.7.